The van der Waals surface area contributed by atoms with Crippen molar-refractivity contribution in [2.45, 2.75) is 19.5 Å². The molecule has 9 nitrogen and oxygen atoms in total. The van der Waals surface area contributed by atoms with Crippen molar-refractivity contribution in [1.82, 2.24) is 19.6 Å². The Kier molecular flexibility index (Phi) is 5.02. The van der Waals surface area contributed by atoms with Gasteiger partial charge in [-0.1, -0.05) is 18.2 Å². The van der Waals surface area contributed by atoms with Crippen molar-refractivity contribution in [1.29, 1.82) is 0 Å². The van der Waals surface area contributed by atoms with Gasteiger partial charge < -0.3 is 5.32 Å². The maximum absolute atomic E-state index is 13.6. The Hall–Kier alpha value is -3.56. The Morgan fingerprint density at radius 1 is 1.19 bits per heavy atom. The quantitative estimate of drug-likeness (QED) is 0.514. The van der Waals surface area contributed by atoms with Crippen molar-refractivity contribution in [3.05, 3.63) is 70.5 Å². The fourth-order valence-electron chi connectivity index (χ4n) is 2.32. The maximum atomic E-state index is 13.6. The SMILES string of the molecule is O=C(CCn1cc([N+](=O)[O-])cn1)Nc1cnn(Cc2ccccc2F)c1. The number of carbonyl (C=O) groups is 1. The molecule has 1 aromatic carbocycles. The van der Waals surface area contributed by atoms with Crippen molar-refractivity contribution < 1.29 is 14.1 Å². The van der Waals surface area contributed by atoms with Crippen LogP contribution in [0, 0.1) is 15.9 Å². The fraction of sp³-hybridized carbons (Fsp3) is 0.188. The van der Waals surface area contributed by atoms with Crippen LogP contribution in [-0.4, -0.2) is 30.4 Å². The molecular formula is C16H15FN6O3. The number of benzene rings is 1. The molecule has 0 saturated carbocycles. The molecule has 0 aliphatic rings. The number of anilines is 1. The number of hydrogen-bond acceptors (Lipinski definition) is 5. The summed E-state index contributed by atoms with van der Waals surface area (Å²) in [6.07, 6.45) is 5.56. The predicted molar refractivity (Wildman–Crippen MR) is 89.9 cm³/mol. The summed E-state index contributed by atoms with van der Waals surface area (Å²) < 4.78 is 16.5. The number of nitrogens with zero attached hydrogens (tertiary/aromatic N) is 5. The van der Waals surface area contributed by atoms with Gasteiger partial charge in [-0.3, -0.25) is 24.3 Å². The van der Waals surface area contributed by atoms with Crippen LogP contribution in [0.3, 0.4) is 0 Å². The Bertz CT molecular complexity index is 935. The molecule has 3 rings (SSSR count). The second-order valence-electron chi connectivity index (χ2n) is 5.53. The molecule has 0 saturated heterocycles. The summed E-state index contributed by atoms with van der Waals surface area (Å²) in [4.78, 5) is 22.0. The molecule has 0 aliphatic carbocycles. The Morgan fingerprint density at radius 3 is 2.69 bits per heavy atom. The first-order valence-corrected chi connectivity index (χ1v) is 7.74. The van der Waals surface area contributed by atoms with Gasteiger partial charge in [0.2, 0.25) is 5.91 Å². The van der Waals surface area contributed by atoms with Gasteiger partial charge in [-0.05, 0) is 6.07 Å². The topological polar surface area (TPSA) is 108 Å². The summed E-state index contributed by atoms with van der Waals surface area (Å²) in [5, 5.41) is 21.2. The lowest BCUT2D eigenvalue weighted by Crippen LogP contribution is -2.14. The molecule has 0 spiro atoms. The van der Waals surface area contributed by atoms with E-state index in [1.807, 2.05) is 0 Å². The van der Waals surface area contributed by atoms with E-state index in [0.717, 1.165) is 6.20 Å². The lowest BCUT2D eigenvalue weighted by atomic mass is 10.2. The molecule has 0 aliphatic heterocycles. The highest BCUT2D eigenvalue weighted by Gasteiger charge is 2.11. The smallest absolute Gasteiger partial charge is 0.306 e. The van der Waals surface area contributed by atoms with Crippen LogP contribution in [0.2, 0.25) is 0 Å². The van der Waals surface area contributed by atoms with Gasteiger partial charge in [0.15, 0.2) is 0 Å². The third-order valence-electron chi connectivity index (χ3n) is 3.61. The Morgan fingerprint density at radius 2 is 1.96 bits per heavy atom. The number of rotatable bonds is 7. The number of nitrogens with one attached hydrogen (secondary N) is 1. The molecule has 1 N–H and O–H groups in total. The number of aryl methyl sites for hydroxylation is 1. The lowest BCUT2D eigenvalue weighted by Gasteiger charge is -2.04. The normalized spacial score (nSPS) is 10.7. The zero-order valence-corrected chi connectivity index (χ0v) is 13.6. The summed E-state index contributed by atoms with van der Waals surface area (Å²) >= 11 is 0. The molecule has 10 heteroatoms. The molecule has 0 fully saturated rings. The van der Waals surface area contributed by atoms with Crippen LogP contribution in [0.15, 0.2) is 49.1 Å². The van der Waals surface area contributed by atoms with Crippen LogP contribution in [0.25, 0.3) is 0 Å². The molecule has 3 aromatic rings. The number of amides is 1. The molecule has 0 unspecified atom stereocenters. The van der Waals surface area contributed by atoms with Crippen LogP contribution in [0.4, 0.5) is 15.8 Å². The van der Waals surface area contributed by atoms with Crippen LogP contribution >= 0.6 is 0 Å². The van der Waals surface area contributed by atoms with Gasteiger partial charge in [-0.15, -0.1) is 0 Å². The fourth-order valence-corrected chi connectivity index (χ4v) is 2.32. The van der Waals surface area contributed by atoms with Gasteiger partial charge in [-0.2, -0.15) is 10.2 Å². The number of hydrogen-bond donors (Lipinski definition) is 1. The van der Waals surface area contributed by atoms with E-state index in [2.05, 4.69) is 15.5 Å². The molecule has 134 valence electrons. The first-order valence-electron chi connectivity index (χ1n) is 7.74. The van der Waals surface area contributed by atoms with Crippen molar-refractivity contribution in [3.63, 3.8) is 0 Å². The minimum Gasteiger partial charge on any atom is -0.323 e. The first-order chi connectivity index (χ1) is 12.5. The van der Waals surface area contributed by atoms with Gasteiger partial charge in [0.05, 0.1) is 23.4 Å². The summed E-state index contributed by atoms with van der Waals surface area (Å²) in [7, 11) is 0. The molecule has 26 heavy (non-hydrogen) atoms. The largest absolute Gasteiger partial charge is 0.323 e. The third-order valence-corrected chi connectivity index (χ3v) is 3.61. The third kappa shape index (κ3) is 4.29. The second-order valence-corrected chi connectivity index (χ2v) is 5.53. The predicted octanol–water partition coefficient (Wildman–Crippen LogP) is 2.20. The van der Waals surface area contributed by atoms with E-state index in [9.17, 15) is 19.3 Å². The van der Waals surface area contributed by atoms with Crippen LogP contribution in [0.5, 0.6) is 0 Å². The molecule has 0 atom stereocenters. The Balaban J connectivity index is 1.52. The number of halogens is 1. The zero-order chi connectivity index (χ0) is 18.5. The van der Waals surface area contributed by atoms with Crippen molar-refractivity contribution in [2.24, 2.45) is 0 Å². The van der Waals surface area contributed by atoms with E-state index in [0.29, 0.717) is 11.3 Å². The number of carbonyl (C=O) groups excluding carboxylic acids is 1. The van der Waals surface area contributed by atoms with Gasteiger partial charge in [0.25, 0.3) is 0 Å². The van der Waals surface area contributed by atoms with Crippen molar-refractivity contribution in [2.75, 3.05) is 5.32 Å². The van der Waals surface area contributed by atoms with Crippen molar-refractivity contribution >= 4 is 17.3 Å². The van der Waals surface area contributed by atoms with E-state index in [1.165, 1.54) is 27.8 Å². The van der Waals surface area contributed by atoms with Gasteiger partial charge in [0, 0.05) is 24.7 Å². The molecule has 0 bridgehead atoms. The Labute approximate surface area is 147 Å². The second kappa shape index (κ2) is 7.55. The van der Waals surface area contributed by atoms with Crippen molar-refractivity contribution in [3.8, 4) is 0 Å². The minimum atomic E-state index is -0.548. The summed E-state index contributed by atoms with van der Waals surface area (Å²) in [5.74, 6) is -0.601. The molecule has 2 aromatic heterocycles. The van der Waals surface area contributed by atoms with E-state index < -0.39 is 4.92 Å². The van der Waals surface area contributed by atoms with Gasteiger partial charge in [0.1, 0.15) is 18.2 Å². The zero-order valence-electron chi connectivity index (χ0n) is 13.6. The van der Waals surface area contributed by atoms with Crippen LogP contribution in [-0.2, 0) is 17.9 Å². The monoisotopic (exact) mass is 358 g/mol. The van der Waals surface area contributed by atoms with Gasteiger partial charge in [-0.25, -0.2) is 4.39 Å². The summed E-state index contributed by atoms with van der Waals surface area (Å²) in [6.45, 7) is 0.461. The van der Waals surface area contributed by atoms with Gasteiger partial charge >= 0.3 is 5.69 Å². The van der Waals surface area contributed by atoms with E-state index in [-0.39, 0.29) is 36.9 Å². The highest BCUT2D eigenvalue weighted by atomic mass is 19.1. The van der Waals surface area contributed by atoms with Crippen LogP contribution < -0.4 is 5.32 Å². The molecule has 0 radical (unpaired) electrons. The summed E-state index contributed by atoms with van der Waals surface area (Å²) in [6, 6.07) is 6.39. The number of nitro groups is 1. The van der Waals surface area contributed by atoms with E-state index >= 15 is 0 Å². The standard InChI is InChI=1S/C16H15FN6O3/c17-15-4-2-1-3-12(15)9-22-10-13(7-18-22)20-16(24)5-6-21-11-14(8-19-21)23(25)26/h1-4,7-8,10-11H,5-6,9H2,(H,20,24). The van der Waals surface area contributed by atoms with Crippen LogP contribution in [0.1, 0.15) is 12.0 Å². The lowest BCUT2D eigenvalue weighted by molar-refractivity contribution is -0.385. The van der Waals surface area contributed by atoms with E-state index in [4.69, 9.17) is 0 Å². The average molecular weight is 358 g/mol. The van der Waals surface area contributed by atoms with E-state index in [1.54, 1.807) is 24.4 Å². The maximum Gasteiger partial charge on any atom is 0.306 e. The molecular weight excluding hydrogens is 343 g/mol. The summed E-state index contributed by atoms with van der Waals surface area (Å²) in [5.41, 5.74) is 0.853. The average Bonchev–Trinajstić information content (AvgIpc) is 3.25. The molecule has 2 heterocycles. The highest BCUT2D eigenvalue weighted by molar-refractivity contribution is 5.90. The molecule has 1 amide bonds. The first kappa shape index (κ1) is 17.3. The number of aromatic nitrogens is 4. The minimum absolute atomic E-state index is 0.0946. The highest BCUT2D eigenvalue weighted by Crippen LogP contribution is 2.12.